The van der Waals surface area contributed by atoms with E-state index in [1.54, 1.807) is 0 Å². The first-order valence-electron chi connectivity index (χ1n) is 4.94. The molecule has 0 amide bonds. The van der Waals surface area contributed by atoms with Gasteiger partial charge in [0.2, 0.25) is 0 Å². The molecule has 1 saturated heterocycles. The lowest BCUT2D eigenvalue weighted by Gasteiger charge is -2.17. The van der Waals surface area contributed by atoms with Crippen molar-refractivity contribution >= 4 is 5.82 Å². The van der Waals surface area contributed by atoms with Gasteiger partial charge in [0.15, 0.2) is 0 Å². The van der Waals surface area contributed by atoms with Crippen molar-refractivity contribution in [2.45, 2.75) is 18.5 Å². The summed E-state index contributed by atoms with van der Waals surface area (Å²) in [5.74, 6) is -2.64. The van der Waals surface area contributed by atoms with Crippen LogP contribution in [0.15, 0.2) is 18.3 Å². The molecule has 0 aliphatic carbocycles. The van der Waals surface area contributed by atoms with E-state index in [0.29, 0.717) is 6.20 Å². The minimum Gasteiger partial charge on any atom is -0.350 e. The quantitative estimate of drug-likeness (QED) is 0.714. The second kappa shape index (κ2) is 3.82. The maximum absolute atomic E-state index is 12.9. The van der Waals surface area contributed by atoms with Gasteiger partial charge in [0.25, 0.3) is 5.92 Å². The third-order valence-corrected chi connectivity index (χ3v) is 2.57. The third kappa shape index (κ3) is 2.65. The van der Waals surface area contributed by atoms with Crippen molar-refractivity contribution in [1.82, 2.24) is 4.98 Å². The Labute approximate surface area is 94.1 Å². The lowest BCUT2D eigenvalue weighted by atomic mass is 10.3. The summed E-state index contributed by atoms with van der Waals surface area (Å²) in [7, 11) is 0. The highest BCUT2D eigenvalue weighted by Crippen LogP contribution is 2.32. The summed E-state index contributed by atoms with van der Waals surface area (Å²) in [6.45, 7) is -0.392. The Bertz CT molecular complexity index is 398. The first kappa shape index (κ1) is 12.1. The molecule has 0 bridgehead atoms. The fourth-order valence-corrected chi connectivity index (χ4v) is 1.67. The highest BCUT2D eigenvalue weighted by molar-refractivity contribution is 5.41. The van der Waals surface area contributed by atoms with E-state index in [1.165, 1.54) is 4.90 Å². The van der Waals surface area contributed by atoms with Gasteiger partial charge in [0.05, 0.1) is 12.1 Å². The molecular weight excluding hydrogens is 243 g/mol. The van der Waals surface area contributed by atoms with Crippen molar-refractivity contribution in [1.29, 1.82) is 0 Å². The highest BCUT2D eigenvalue weighted by atomic mass is 19.4. The number of hydrogen-bond donors (Lipinski definition) is 0. The zero-order chi connectivity index (χ0) is 12.7. The van der Waals surface area contributed by atoms with Crippen molar-refractivity contribution in [2.75, 3.05) is 18.0 Å². The maximum Gasteiger partial charge on any atom is 0.417 e. The van der Waals surface area contributed by atoms with Gasteiger partial charge in [-0.3, -0.25) is 0 Å². The van der Waals surface area contributed by atoms with Gasteiger partial charge in [0, 0.05) is 19.2 Å². The van der Waals surface area contributed by atoms with Gasteiger partial charge in [-0.05, 0) is 12.1 Å². The van der Waals surface area contributed by atoms with Crippen LogP contribution < -0.4 is 4.90 Å². The number of alkyl halides is 5. The first-order valence-corrected chi connectivity index (χ1v) is 4.94. The molecule has 0 atom stereocenters. The fourth-order valence-electron chi connectivity index (χ4n) is 1.67. The van der Waals surface area contributed by atoms with E-state index in [2.05, 4.69) is 4.98 Å². The lowest BCUT2D eigenvalue weighted by molar-refractivity contribution is -0.137. The molecule has 1 aromatic heterocycles. The zero-order valence-electron chi connectivity index (χ0n) is 8.64. The predicted molar refractivity (Wildman–Crippen MR) is 51.0 cm³/mol. The van der Waals surface area contributed by atoms with E-state index in [0.717, 1.165) is 12.1 Å². The second-order valence-corrected chi connectivity index (χ2v) is 3.93. The smallest absolute Gasteiger partial charge is 0.350 e. The number of pyridine rings is 1. The van der Waals surface area contributed by atoms with E-state index in [-0.39, 0.29) is 18.8 Å². The van der Waals surface area contributed by atoms with Gasteiger partial charge in [-0.1, -0.05) is 0 Å². The fraction of sp³-hybridized carbons (Fsp3) is 0.500. The number of aromatic nitrogens is 1. The van der Waals surface area contributed by atoms with Crippen LogP contribution in [0.1, 0.15) is 12.0 Å². The minimum atomic E-state index is -4.46. The van der Waals surface area contributed by atoms with E-state index in [1.807, 2.05) is 0 Å². The molecule has 7 heteroatoms. The summed E-state index contributed by atoms with van der Waals surface area (Å²) in [5.41, 5.74) is -0.882. The largest absolute Gasteiger partial charge is 0.417 e. The Hall–Kier alpha value is -1.40. The lowest BCUT2D eigenvalue weighted by Crippen LogP contribution is -2.25. The van der Waals surface area contributed by atoms with E-state index in [9.17, 15) is 22.0 Å². The zero-order valence-corrected chi connectivity index (χ0v) is 8.64. The average molecular weight is 252 g/mol. The number of hydrogen-bond acceptors (Lipinski definition) is 2. The number of halogens is 5. The number of nitrogens with zero attached hydrogens (tertiary/aromatic N) is 2. The summed E-state index contributed by atoms with van der Waals surface area (Å²) >= 11 is 0. The SMILES string of the molecule is FC1(F)CCN(c2ccc(C(F)(F)F)cn2)C1. The molecule has 2 heterocycles. The Morgan fingerprint density at radius 2 is 1.94 bits per heavy atom. The molecule has 1 fully saturated rings. The molecule has 2 nitrogen and oxygen atoms in total. The standard InChI is InChI=1S/C10H9F5N2/c11-9(12)3-4-17(6-9)8-2-1-7(5-16-8)10(13,14)15/h1-2,5H,3-4,6H2. The van der Waals surface area contributed by atoms with Gasteiger partial charge < -0.3 is 4.90 Å². The van der Waals surface area contributed by atoms with Crippen LogP contribution in [0.4, 0.5) is 27.8 Å². The Kier molecular flexibility index (Phi) is 2.71. The second-order valence-electron chi connectivity index (χ2n) is 3.93. The number of anilines is 1. The average Bonchev–Trinajstić information content (AvgIpc) is 2.58. The molecule has 1 aliphatic rings. The molecule has 0 N–H and O–H groups in total. The highest BCUT2D eigenvalue weighted by Gasteiger charge is 2.39. The Morgan fingerprint density at radius 1 is 1.24 bits per heavy atom. The van der Waals surface area contributed by atoms with Crippen LogP contribution in [0.3, 0.4) is 0 Å². The van der Waals surface area contributed by atoms with E-state index in [4.69, 9.17) is 0 Å². The molecule has 17 heavy (non-hydrogen) atoms. The normalized spacial score (nSPS) is 19.7. The predicted octanol–water partition coefficient (Wildman–Crippen LogP) is 2.95. The van der Waals surface area contributed by atoms with Crippen LogP contribution in [0.2, 0.25) is 0 Å². The summed E-state index contributed by atoms with van der Waals surface area (Å²) < 4.78 is 62.5. The van der Waals surface area contributed by atoms with E-state index >= 15 is 0 Å². The van der Waals surface area contributed by atoms with Crippen molar-refractivity contribution in [3.05, 3.63) is 23.9 Å². The molecule has 0 radical (unpaired) electrons. The topological polar surface area (TPSA) is 16.1 Å². The minimum absolute atomic E-state index is 0.103. The molecule has 1 aromatic rings. The molecule has 1 aliphatic heterocycles. The van der Waals surface area contributed by atoms with Crippen molar-refractivity contribution < 1.29 is 22.0 Å². The Balaban J connectivity index is 2.14. The van der Waals surface area contributed by atoms with Crippen LogP contribution in [-0.2, 0) is 6.18 Å². The van der Waals surface area contributed by atoms with Gasteiger partial charge in [-0.25, -0.2) is 13.8 Å². The first-order chi connectivity index (χ1) is 7.78. The third-order valence-electron chi connectivity index (χ3n) is 2.57. The Morgan fingerprint density at radius 3 is 2.35 bits per heavy atom. The molecule has 0 unspecified atom stereocenters. The molecular formula is C10H9F5N2. The van der Waals surface area contributed by atoms with Crippen molar-refractivity contribution in [3.8, 4) is 0 Å². The van der Waals surface area contributed by atoms with Crippen LogP contribution in [0, 0.1) is 0 Å². The maximum atomic E-state index is 12.9. The van der Waals surface area contributed by atoms with Crippen LogP contribution in [0.25, 0.3) is 0 Å². The molecule has 94 valence electrons. The van der Waals surface area contributed by atoms with E-state index < -0.39 is 24.2 Å². The summed E-state index contributed by atoms with van der Waals surface area (Å²) in [4.78, 5) is 4.84. The van der Waals surface area contributed by atoms with Crippen molar-refractivity contribution in [3.63, 3.8) is 0 Å². The molecule has 0 aromatic carbocycles. The molecule has 0 saturated carbocycles. The summed E-state index contributed by atoms with van der Waals surface area (Å²) in [6.07, 6.45) is -4.10. The van der Waals surface area contributed by atoms with Gasteiger partial charge in [-0.2, -0.15) is 13.2 Å². The van der Waals surface area contributed by atoms with Crippen LogP contribution in [-0.4, -0.2) is 24.0 Å². The summed E-state index contributed by atoms with van der Waals surface area (Å²) in [5, 5.41) is 0. The molecule has 0 spiro atoms. The van der Waals surface area contributed by atoms with Gasteiger partial charge >= 0.3 is 6.18 Å². The van der Waals surface area contributed by atoms with Gasteiger partial charge in [-0.15, -0.1) is 0 Å². The number of rotatable bonds is 1. The molecule has 2 rings (SSSR count). The monoisotopic (exact) mass is 252 g/mol. The summed E-state index contributed by atoms with van der Waals surface area (Å²) in [6, 6.07) is 1.96. The van der Waals surface area contributed by atoms with Crippen molar-refractivity contribution in [2.24, 2.45) is 0 Å². The van der Waals surface area contributed by atoms with Gasteiger partial charge in [0.1, 0.15) is 5.82 Å². The van der Waals surface area contributed by atoms with Crippen LogP contribution >= 0.6 is 0 Å². The van der Waals surface area contributed by atoms with Crippen LogP contribution in [0.5, 0.6) is 0 Å².